The quantitative estimate of drug-likeness (QED) is 0.848. The Balaban J connectivity index is 2.28. The molecule has 0 saturated heterocycles. The van der Waals surface area contributed by atoms with E-state index in [9.17, 15) is 8.78 Å². The van der Waals surface area contributed by atoms with E-state index in [1.54, 1.807) is 25.4 Å². The van der Waals surface area contributed by atoms with Crippen LogP contribution in [0.15, 0.2) is 9.98 Å². The van der Waals surface area contributed by atoms with Crippen LogP contribution in [0.4, 0.5) is 8.78 Å². The van der Waals surface area contributed by atoms with Crippen molar-refractivity contribution in [1.29, 1.82) is 0 Å². The Morgan fingerprint density at radius 2 is 2.17 bits per heavy atom. The predicted molar refractivity (Wildman–Crippen MR) is 71.6 cm³/mol. The zero-order valence-electron chi connectivity index (χ0n) is 9.69. The van der Waals surface area contributed by atoms with E-state index in [0.29, 0.717) is 5.56 Å². The lowest BCUT2D eigenvalue weighted by Crippen LogP contribution is -1.91. The summed E-state index contributed by atoms with van der Waals surface area (Å²) in [7, 11) is 1.62. The van der Waals surface area contributed by atoms with Gasteiger partial charge in [0.25, 0.3) is 6.43 Å². The van der Waals surface area contributed by atoms with Gasteiger partial charge in [-0.1, -0.05) is 0 Å². The minimum atomic E-state index is -2.57. The molecule has 0 aromatic carbocycles. The minimum Gasteiger partial charge on any atom is -0.275 e. The molecule has 0 saturated carbocycles. The van der Waals surface area contributed by atoms with Gasteiger partial charge in [0.05, 0.1) is 9.48 Å². The van der Waals surface area contributed by atoms with Crippen LogP contribution in [-0.4, -0.2) is 14.8 Å². The van der Waals surface area contributed by atoms with E-state index in [2.05, 4.69) is 26.0 Å². The van der Waals surface area contributed by atoms with Crippen molar-refractivity contribution in [2.24, 2.45) is 7.05 Å². The van der Waals surface area contributed by atoms with Gasteiger partial charge in [0.2, 0.25) is 0 Å². The van der Waals surface area contributed by atoms with Crippen LogP contribution < -0.4 is 0 Å². The van der Waals surface area contributed by atoms with Crippen molar-refractivity contribution in [3.63, 3.8) is 0 Å². The summed E-state index contributed by atoms with van der Waals surface area (Å²) >= 11 is 4.83. The highest BCUT2D eigenvalue weighted by atomic mass is 79.9. The molecule has 96 valence electrons. The normalized spacial score (nSPS) is 11.9. The second kappa shape index (κ2) is 5.27. The third-order valence-corrected chi connectivity index (χ3v) is 4.23. The molecule has 2 rings (SSSR count). The molecular formula is C11H10BrF2N3S. The number of hydrogen-bond acceptors (Lipinski definition) is 3. The maximum absolute atomic E-state index is 12.7. The topological polar surface area (TPSA) is 30.7 Å². The Bertz CT molecular complexity index is 570. The molecule has 0 atom stereocenters. The molecule has 0 N–H and O–H groups in total. The molecule has 0 aliphatic heterocycles. The molecule has 3 nitrogen and oxygen atoms in total. The molecular weight excluding hydrogens is 324 g/mol. The van der Waals surface area contributed by atoms with Gasteiger partial charge in [-0.25, -0.2) is 13.8 Å². The maximum atomic E-state index is 12.7. The Morgan fingerprint density at radius 3 is 2.72 bits per heavy atom. The lowest BCUT2D eigenvalue weighted by molar-refractivity contribution is 0.145. The van der Waals surface area contributed by atoms with E-state index in [0.717, 1.165) is 14.5 Å². The van der Waals surface area contributed by atoms with Crippen molar-refractivity contribution in [3.05, 3.63) is 31.9 Å². The maximum Gasteiger partial charge on any atom is 0.282 e. The standard InChI is InChI=1S/C11H10BrF2N3S/c1-6-10(12)18-8(15-6)4-3-7-5-17(2)16-9(7)11(13)14/h3-5,11H,1-2H3. The molecule has 2 aromatic heterocycles. The monoisotopic (exact) mass is 333 g/mol. The lowest BCUT2D eigenvalue weighted by Gasteiger charge is -1.93. The molecule has 0 unspecified atom stereocenters. The van der Waals surface area contributed by atoms with Gasteiger partial charge in [0, 0.05) is 18.8 Å². The van der Waals surface area contributed by atoms with E-state index in [1.807, 2.05) is 6.92 Å². The van der Waals surface area contributed by atoms with E-state index >= 15 is 0 Å². The van der Waals surface area contributed by atoms with Crippen LogP contribution in [0.25, 0.3) is 12.2 Å². The Hall–Kier alpha value is -1.08. The number of aromatic nitrogens is 3. The fraction of sp³-hybridized carbons (Fsp3) is 0.273. The van der Waals surface area contributed by atoms with Gasteiger partial charge in [-0.15, -0.1) is 11.3 Å². The van der Waals surface area contributed by atoms with Gasteiger partial charge in [-0.3, -0.25) is 4.68 Å². The summed E-state index contributed by atoms with van der Waals surface area (Å²) in [6, 6.07) is 0. The molecule has 2 aromatic rings. The Kier molecular flexibility index (Phi) is 3.91. The van der Waals surface area contributed by atoms with Gasteiger partial charge in [0.1, 0.15) is 10.7 Å². The van der Waals surface area contributed by atoms with Gasteiger partial charge in [-0.2, -0.15) is 5.10 Å². The van der Waals surface area contributed by atoms with Crippen molar-refractivity contribution in [1.82, 2.24) is 14.8 Å². The van der Waals surface area contributed by atoms with E-state index in [4.69, 9.17) is 0 Å². The summed E-state index contributed by atoms with van der Waals surface area (Å²) in [5.41, 5.74) is 1.09. The lowest BCUT2D eigenvalue weighted by atomic mass is 10.2. The average Bonchev–Trinajstić information content (AvgIpc) is 2.80. The highest BCUT2D eigenvalue weighted by Crippen LogP contribution is 2.27. The zero-order chi connectivity index (χ0) is 13.3. The van der Waals surface area contributed by atoms with Crippen LogP contribution in [0.1, 0.15) is 28.4 Å². The smallest absolute Gasteiger partial charge is 0.275 e. The van der Waals surface area contributed by atoms with Crippen molar-refractivity contribution in [3.8, 4) is 0 Å². The second-order valence-electron chi connectivity index (χ2n) is 3.69. The molecule has 0 fully saturated rings. The first kappa shape index (κ1) is 13.4. The highest BCUT2D eigenvalue weighted by molar-refractivity contribution is 9.11. The predicted octanol–water partition coefficient (Wildman–Crippen LogP) is 4.06. The van der Waals surface area contributed by atoms with Gasteiger partial charge in [0.15, 0.2) is 0 Å². The van der Waals surface area contributed by atoms with Crippen molar-refractivity contribution < 1.29 is 8.78 Å². The number of alkyl halides is 2. The average molecular weight is 334 g/mol. The second-order valence-corrected chi connectivity index (χ2v) is 6.04. The number of halogens is 3. The summed E-state index contributed by atoms with van der Waals surface area (Å²) in [5, 5.41) is 4.50. The van der Waals surface area contributed by atoms with Crippen LogP contribution in [0.2, 0.25) is 0 Å². The number of rotatable bonds is 3. The van der Waals surface area contributed by atoms with Gasteiger partial charge < -0.3 is 0 Å². The largest absolute Gasteiger partial charge is 0.282 e. The van der Waals surface area contributed by atoms with Crippen molar-refractivity contribution in [2.75, 3.05) is 0 Å². The number of aryl methyl sites for hydroxylation is 2. The van der Waals surface area contributed by atoms with E-state index in [1.165, 1.54) is 16.0 Å². The summed E-state index contributed by atoms with van der Waals surface area (Å²) in [4.78, 5) is 4.28. The molecule has 2 heterocycles. The SMILES string of the molecule is Cc1nc(C=Cc2cn(C)nc2C(F)F)sc1Br. The van der Waals surface area contributed by atoms with E-state index < -0.39 is 6.43 Å². The third kappa shape index (κ3) is 2.84. The number of hydrogen-bond donors (Lipinski definition) is 0. The molecule has 7 heteroatoms. The molecule has 18 heavy (non-hydrogen) atoms. The summed E-state index contributed by atoms with van der Waals surface area (Å²) in [6.45, 7) is 1.88. The Labute approximate surface area is 115 Å². The first-order valence-corrected chi connectivity index (χ1v) is 6.71. The summed E-state index contributed by atoms with van der Waals surface area (Å²) < 4.78 is 27.7. The fourth-order valence-corrected chi connectivity index (χ4v) is 2.73. The van der Waals surface area contributed by atoms with Crippen molar-refractivity contribution >= 4 is 39.4 Å². The van der Waals surface area contributed by atoms with Crippen LogP contribution in [-0.2, 0) is 7.05 Å². The zero-order valence-corrected chi connectivity index (χ0v) is 12.1. The first-order chi connectivity index (χ1) is 8.47. The van der Waals surface area contributed by atoms with Crippen LogP contribution in [0, 0.1) is 6.92 Å². The number of thiazole rings is 1. The molecule has 0 amide bonds. The third-order valence-electron chi connectivity index (χ3n) is 2.26. The molecule has 0 aliphatic carbocycles. The fourth-order valence-electron chi connectivity index (χ4n) is 1.45. The highest BCUT2D eigenvalue weighted by Gasteiger charge is 2.15. The Morgan fingerprint density at radius 1 is 1.44 bits per heavy atom. The first-order valence-electron chi connectivity index (χ1n) is 5.10. The number of nitrogens with zero attached hydrogens (tertiary/aromatic N) is 3. The minimum absolute atomic E-state index is 0.207. The van der Waals surface area contributed by atoms with Crippen LogP contribution in [0.3, 0.4) is 0 Å². The summed E-state index contributed by atoms with van der Waals surface area (Å²) in [5.74, 6) is 0. The van der Waals surface area contributed by atoms with Gasteiger partial charge >= 0.3 is 0 Å². The molecule has 0 bridgehead atoms. The molecule has 0 radical (unpaired) electrons. The van der Waals surface area contributed by atoms with Gasteiger partial charge in [-0.05, 0) is 35.0 Å². The van der Waals surface area contributed by atoms with Crippen molar-refractivity contribution in [2.45, 2.75) is 13.3 Å². The van der Waals surface area contributed by atoms with Crippen LogP contribution in [0.5, 0.6) is 0 Å². The molecule has 0 aliphatic rings. The summed E-state index contributed by atoms with van der Waals surface area (Å²) in [6.07, 6.45) is 2.31. The van der Waals surface area contributed by atoms with Crippen LogP contribution >= 0.6 is 27.3 Å². The van der Waals surface area contributed by atoms with E-state index in [-0.39, 0.29) is 5.69 Å². The molecule has 0 spiro atoms.